The Balaban J connectivity index is 2.11. The molecule has 2 heterocycles. The van der Waals surface area contributed by atoms with Gasteiger partial charge >= 0.3 is 0 Å². The first-order valence-corrected chi connectivity index (χ1v) is 9.46. The molecule has 0 radical (unpaired) electrons. The molecule has 4 unspecified atom stereocenters. The van der Waals surface area contributed by atoms with Crippen LogP contribution in [0.15, 0.2) is 0 Å². The third-order valence-corrected chi connectivity index (χ3v) is 6.43. The summed E-state index contributed by atoms with van der Waals surface area (Å²) in [6.45, 7) is 15.1. The zero-order valence-corrected chi connectivity index (χ0v) is 15.9. The smallest absolute Gasteiger partial charge is 0.161 e. The molecule has 0 aromatic rings. The van der Waals surface area contributed by atoms with E-state index < -0.39 is 6.10 Å². The van der Waals surface area contributed by atoms with Gasteiger partial charge in [0.15, 0.2) is 6.29 Å². The van der Waals surface area contributed by atoms with Crippen LogP contribution in [-0.2, 0) is 14.2 Å². The molecule has 2 saturated heterocycles. The number of hydrogen-bond donors (Lipinski definition) is 1. The van der Waals surface area contributed by atoms with Gasteiger partial charge in [-0.3, -0.25) is 0 Å². The molecule has 0 amide bonds. The molecule has 2 rings (SSSR count). The first kappa shape index (κ1) is 19.2. The van der Waals surface area contributed by atoms with Gasteiger partial charge in [-0.1, -0.05) is 41.5 Å². The first-order valence-electron chi connectivity index (χ1n) is 9.46. The van der Waals surface area contributed by atoms with Crippen LogP contribution in [0.25, 0.3) is 0 Å². The van der Waals surface area contributed by atoms with E-state index in [0.717, 1.165) is 12.8 Å². The Kier molecular flexibility index (Phi) is 6.51. The Bertz CT molecular complexity index is 370. The topological polar surface area (TPSA) is 47.9 Å². The van der Waals surface area contributed by atoms with Crippen LogP contribution in [0.5, 0.6) is 0 Å². The highest BCUT2D eigenvalue weighted by atomic mass is 16.7. The lowest BCUT2D eigenvalue weighted by molar-refractivity contribution is -0.307. The Hall–Kier alpha value is -0.160. The zero-order chi connectivity index (χ0) is 17.3. The Morgan fingerprint density at radius 2 is 1.39 bits per heavy atom. The summed E-state index contributed by atoms with van der Waals surface area (Å²) < 4.78 is 18.8. The Morgan fingerprint density at radius 3 is 1.96 bits per heavy atom. The fourth-order valence-corrected chi connectivity index (χ4v) is 4.01. The van der Waals surface area contributed by atoms with Crippen LogP contribution in [0.3, 0.4) is 0 Å². The van der Waals surface area contributed by atoms with Gasteiger partial charge in [-0.2, -0.15) is 0 Å². The second-order valence-electron chi connectivity index (χ2n) is 7.77. The van der Waals surface area contributed by atoms with Gasteiger partial charge < -0.3 is 19.3 Å². The van der Waals surface area contributed by atoms with Crippen LogP contribution in [0.4, 0.5) is 0 Å². The number of rotatable bonds is 4. The van der Waals surface area contributed by atoms with Gasteiger partial charge in [0.1, 0.15) is 0 Å². The lowest BCUT2D eigenvalue weighted by Crippen LogP contribution is -2.55. The van der Waals surface area contributed by atoms with Crippen molar-refractivity contribution in [1.29, 1.82) is 0 Å². The lowest BCUT2D eigenvalue weighted by Gasteiger charge is -2.48. The quantitative estimate of drug-likeness (QED) is 0.856. The van der Waals surface area contributed by atoms with Crippen molar-refractivity contribution in [3.63, 3.8) is 0 Å². The van der Waals surface area contributed by atoms with E-state index in [-0.39, 0.29) is 42.5 Å². The van der Waals surface area contributed by atoms with E-state index in [0.29, 0.717) is 11.8 Å². The molecule has 0 aromatic carbocycles. The first-order chi connectivity index (χ1) is 10.8. The van der Waals surface area contributed by atoms with E-state index in [2.05, 4.69) is 48.5 Å². The summed E-state index contributed by atoms with van der Waals surface area (Å²) >= 11 is 0. The summed E-state index contributed by atoms with van der Waals surface area (Å²) in [6, 6.07) is 0. The minimum atomic E-state index is -0.407. The monoisotopic (exact) mass is 328 g/mol. The van der Waals surface area contributed by atoms with Crippen molar-refractivity contribution in [1.82, 2.24) is 0 Å². The highest BCUT2D eigenvalue weighted by Gasteiger charge is 2.45. The van der Waals surface area contributed by atoms with E-state index in [1.807, 2.05) is 0 Å². The molecule has 0 bridgehead atoms. The zero-order valence-electron chi connectivity index (χ0n) is 15.9. The maximum atomic E-state index is 10.4. The van der Waals surface area contributed by atoms with Gasteiger partial charge in [0.05, 0.1) is 30.5 Å². The van der Waals surface area contributed by atoms with Gasteiger partial charge in [0.25, 0.3) is 0 Å². The van der Waals surface area contributed by atoms with Crippen molar-refractivity contribution in [2.24, 2.45) is 23.7 Å². The van der Waals surface area contributed by atoms with Crippen molar-refractivity contribution in [3.8, 4) is 0 Å². The molecule has 10 atom stereocenters. The van der Waals surface area contributed by atoms with Crippen LogP contribution in [0, 0.1) is 23.7 Å². The predicted octanol–water partition coefficient (Wildman–Crippen LogP) is 3.61. The van der Waals surface area contributed by atoms with Crippen LogP contribution < -0.4 is 0 Å². The normalized spacial score (nSPS) is 51.7. The average molecular weight is 328 g/mol. The molecule has 136 valence electrons. The second kappa shape index (κ2) is 7.81. The van der Waals surface area contributed by atoms with Gasteiger partial charge in [-0.25, -0.2) is 0 Å². The summed E-state index contributed by atoms with van der Waals surface area (Å²) in [4.78, 5) is 0. The molecule has 0 saturated carbocycles. The third kappa shape index (κ3) is 3.76. The van der Waals surface area contributed by atoms with E-state index in [9.17, 15) is 5.11 Å². The number of ether oxygens (including phenoxy) is 3. The van der Waals surface area contributed by atoms with Crippen LogP contribution in [0.1, 0.15) is 61.3 Å². The van der Waals surface area contributed by atoms with E-state index in [1.54, 1.807) is 0 Å². The van der Waals surface area contributed by atoms with Crippen LogP contribution in [-0.4, -0.2) is 41.9 Å². The second-order valence-corrected chi connectivity index (χ2v) is 7.77. The molecular weight excluding hydrogens is 292 g/mol. The molecule has 0 aliphatic carbocycles. The summed E-state index contributed by atoms with van der Waals surface area (Å²) in [5, 5.41) is 10.4. The number of aliphatic hydroxyl groups excluding tert-OH is 1. The fraction of sp³-hybridized carbons (Fsp3) is 1.00. The van der Waals surface area contributed by atoms with Gasteiger partial charge in [0, 0.05) is 5.92 Å². The Morgan fingerprint density at radius 1 is 0.783 bits per heavy atom. The lowest BCUT2D eigenvalue weighted by atomic mass is 9.80. The molecule has 0 aromatic heterocycles. The SMILES string of the molecule is CCC1O[C@H](C)[C@@H](C)C(C)[C@@H]1O[C@@H]1OC(CC)[C@H](O)[C@H](C)C1C. The Labute approximate surface area is 141 Å². The maximum Gasteiger partial charge on any atom is 0.161 e. The highest BCUT2D eigenvalue weighted by Crippen LogP contribution is 2.38. The van der Waals surface area contributed by atoms with Crippen LogP contribution >= 0.6 is 0 Å². The molecule has 0 spiro atoms. The van der Waals surface area contributed by atoms with E-state index in [1.165, 1.54) is 0 Å². The van der Waals surface area contributed by atoms with Crippen LogP contribution in [0.2, 0.25) is 0 Å². The molecule has 2 aliphatic rings. The third-order valence-electron chi connectivity index (χ3n) is 6.43. The van der Waals surface area contributed by atoms with Crippen molar-refractivity contribution in [3.05, 3.63) is 0 Å². The van der Waals surface area contributed by atoms with E-state index >= 15 is 0 Å². The summed E-state index contributed by atoms with van der Waals surface area (Å²) in [6.07, 6.45) is 1.39. The van der Waals surface area contributed by atoms with Gasteiger partial charge in [0.2, 0.25) is 0 Å². The molecule has 2 fully saturated rings. The molecule has 23 heavy (non-hydrogen) atoms. The van der Waals surface area contributed by atoms with Crippen molar-refractivity contribution >= 4 is 0 Å². The molecule has 1 N–H and O–H groups in total. The predicted molar refractivity (Wildman–Crippen MR) is 91.1 cm³/mol. The largest absolute Gasteiger partial charge is 0.390 e. The van der Waals surface area contributed by atoms with Crippen molar-refractivity contribution in [2.75, 3.05) is 0 Å². The fourth-order valence-electron chi connectivity index (χ4n) is 4.01. The van der Waals surface area contributed by atoms with Crippen molar-refractivity contribution in [2.45, 2.75) is 98.1 Å². The van der Waals surface area contributed by atoms with Gasteiger partial charge in [-0.05, 0) is 37.5 Å². The summed E-state index contributed by atoms with van der Waals surface area (Å²) in [7, 11) is 0. The minimum Gasteiger partial charge on any atom is -0.390 e. The minimum absolute atomic E-state index is 0.0543. The molecule has 4 heteroatoms. The standard InChI is InChI=1S/C19H36O4/c1-8-15-17(20)11(4)13(6)19(22-15)23-18-12(5)10(3)14(7)21-16(18)9-2/h10-20H,8-9H2,1-7H3/t10-,11+,12?,13?,14+,15?,16?,17+,18-,19-/m0/s1. The molecular formula is C19H36O4. The summed E-state index contributed by atoms with van der Waals surface area (Å²) in [5.74, 6) is 1.25. The number of hydrogen-bond acceptors (Lipinski definition) is 4. The maximum absolute atomic E-state index is 10.4. The van der Waals surface area contributed by atoms with Gasteiger partial charge in [-0.15, -0.1) is 0 Å². The highest BCUT2D eigenvalue weighted by molar-refractivity contribution is 4.90. The average Bonchev–Trinajstić information content (AvgIpc) is 2.55. The molecule has 4 nitrogen and oxygen atoms in total. The van der Waals surface area contributed by atoms with E-state index in [4.69, 9.17) is 14.2 Å². The summed E-state index contributed by atoms with van der Waals surface area (Å²) in [5.41, 5.74) is 0. The molecule has 2 aliphatic heterocycles. The van der Waals surface area contributed by atoms with Crippen molar-refractivity contribution < 1.29 is 19.3 Å². The number of aliphatic hydroxyl groups is 1.